The molecule has 0 saturated heterocycles. The van der Waals surface area contributed by atoms with Crippen molar-refractivity contribution in [2.24, 2.45) is 11.8 Å². The average Bonchev–Trinajstić information content (AvgIpc) is 2.58. The fraction of sp³-hybridized carbons (Fsp3) is 0.846. The highest BCUT2D eigenvalue weighted by Gasteiger charge is 2.17. The predicted molar refractivity (Wildman–Crippen MR) is 59.8 cm³/mol. The summed E-state index contributed by atoms with van der Waals surface area (Å²) in [5.74, 6) is 1.92. The van der Waals surface area contributed by atoms with Crippen LogP contribution in [0.3, 0.4) is 0 Å². The van der Waals surface area contributed by atoms with Crippen LogP contribution in [0.2, 0.25) is 0 Å². The van der Waals surface area contributed by atoms with Gasteiger partial charge in [0.05, 0.1) is 0 Å². The SMILES string of the molecule is C/C=C\C(CCC)CC1CCCC1. The monoisotopic (exact) mass is 180 g/mol. The van der Waals surface area contributed by atoms with Gasteiger partial charge in [0.25, 0.3) is 0 Å². The molecule has 0 bridgehead atoms. The van der Waals surface area contributed by atoms with Gasteiger partial charge in [0.2, 0.25) is 0 Å². The molecule has 0 aromatic rings. The van der Waals surface area contributed by atoms with Crippen LogP contribution >= 0.6 is 0 Å². The van der Waals surface area contributed by atoms with Crippen LogP contribution in [0.5, 0.6) is 0 Å². The molecule has 0 heterocycles. The number of hydrogen-bond donors (Lipinski definition) is 0. The first kappa shape index (κ1) is 10.8. The van der Waals surface area contributed by atoms with Gasteiger partial charge in [-0.2, -0.15) is 0 Å². The van der Waals surface area contributed by atoms with E-state index in [0.29, 0.717) is 0 Å². The van der Waals surface area contributed by atoms with Crippen molar-refractivity contribution >= 4 is 0 Å². The van der Waals surface area contributed by atoms with E-state index in [9.17, 15) is 0 Å². The van der Waals surface area contributed by atoms with Gasteiger partial charge in [-0.15, -0.1) is 0 Å². The number of allylic oxidation sites excluding steroid dienone is 2. The Morgan fingerprint density at radius 2 is 2.00 bits per heavy atom. The van der Waals surface area contributed by atoms with Crippen LogP contribution in [-0.4, -0.2) is 0 Å². The van der Waals surface area contributed by atoms with Crippen molar-refractivity contribution < 1.29 is 0 Å². The molecule has 1 fully saturated rings. The Balaban J connectivity index is 2.27. The Hall–Kier alpha value is -0.260. The second-order valence-corrected chi connectivity index (χ2v) is 4.46. The predicted octanol–water partition coefficient (Wildman–Crippen LogP) is 4.56. The molecule has 0 heteroatoms. The van der Waals surface area contributed by atoms with Gasteiger partial charge in [0.15, 0.2) is 0 Å². The molecule has 1 atom stereocenters. The molecular weight excluding hydrogens is 156 g/mol. The summed E-state index contributed by atoms with van der Waals surface area (Å²) < 4.78 is 0. The molecule has 76 valence electrons. The maximum Gasteiger partial charge on any atom is -0.0231 e. The molecular formula is C13H24. The van der Waals surface area contributed by atoms with E-state index in [4.69, 9.17) is 0 Å². The summed E-state index contributed by atoms with van der Waals surface area (Å²) in [4.78, 5) is 0. The Bertz CT molecular complexity index is 140. The summed E-state index contributed by atoms with van der Waals surface area (Å²) in [7, 11) is 0. The Morgan fingerprint density at radius 3 is 2.54 bits per heavy atom. The summed E-state index contributed by atoms with van der Waals surface area (Å²) in [6, 6.07) is 0. The molecule has 1 saturated carbocycles. The summed E-state index contributed by atoms with van der Waals surface area (Å²) >= 11 is 0. The molecule has 0 radical (unpaired) electrons. The molecule has 0 nitrogen and oxygen atoms in total. The third kappa shape index (κ3) is 3.97. The van der Waals surface area contributed by atoms with Crippen molar-refractivity contribution in [3.63, 3.8) is 0 Å². The van der Waals surface area contributed by atoms with Gasteiger partial charge in [-0.3, -0.25) is 0 Å². The van der Waals surface area contributed by atoms with Gasteiger partial charge in [-0.05, 0) is 31.6 Å². The van der Waals surface area contributed by atoms with E-state index in [-0.39, 0.29) is 0 Å². The van der Waals surface area contributed by atoms with Gasteiger partial charge in [-0.25, -0.2) is 0 Å². The van der Waals surface area contributed by atoms with E-state index >= 15 is 0 Å². The third-order valence-corrected chi connectivity index (χ3v) is 3.23. The molecule has 0 aromatic heterocycles. The molecule has 1 aliphatic carbocycles. The van der Waals surface area contributed by atoms with Gasteiger partial charge in [0, 0.05) is 0 Å². The minimum atomic E-state index is 0.873. The summed E-state index contributed by atoms with van der Waals surface area (Å²) in [5.41, 5.74) is 0. The normalized spacial score (nSPS) is 21.4. The Labute approximate surface area is 83.4 Å². The molecule has 1 rings (SSSR count). The number of rotatable bonds is 5. The van der Waals surface area contributed by atoms with E-state index in [1.54, 1.807) is 0 Å². The van der Waals surface area contributed by atoms with E-state index < -0.39 is 0 Å². The highest BCUT2D eigenvalue weighted by molar-refractivity contribution is 4.87. The van der Waals surface area contributed by atoms with E-state index in [1.807, 2.05) is 0 Å². The molecule has 1 unspecified atom stereocenters. The zero-order valence-corrected chi connectivity index (χ0v) is 9.26. The fourth-order valence-corrected chi connectivity index (χ4v) is 2.61. The highest BCUT2D eigenvalue weighted by Crippen LogP contribution is 2.32. The molecule has 0 amide bonds. The lowest BCUT2D eigenvalue weighted by Gasteiger charge is -2.16. The smallest absolute Gasteiger partial charge is 0.0231 e. The molecule has 0 spiro atoms. The lowest BCUT2D eigenvalue weighted by Crippen LogP contribution is -2.03. The first-order valence-electron chi connectivity index (χ1n) is 5.99. The number of hydrogen-bond acceptors (Lipinski definition) is 0. The van der Waals surface area contributed by atoms with E-state index in [2.05, 4.69) is 26.0 Å². The second kappa shape index (κ2) is 6.23. The molecule has 0 aliphatic heterocycles. The van der Waals surface area contributed by atoms with Crippen molar-refractivity contribution in [3.8, 4) is 0 Å². The van der Waals surface area contributed by atoms with Crippen molar-refractivity contribution in [2.45, 2.75) is 58.8 Å². The zero-order chi connectivity index (χ0) is 9.52. The van der Waals surface area contributed by atoms with Crippen molar-refractivity contribution in [1.82, 2.24) is 0 Å². The lowest BCUT2D eigenvalue weighted by molar-refractivity contribution is 0.406. The fourth-order valence-electron chi connectivity index (χ4n) is 2.61. The van der Waals surface area contributed by atoms with Crippen LogP contribution < -0.4 is 0 Å². The van der Waals surface area contributed by atoms with Crippen LogP contribution in [0.1, 0.15) is 58.8 Å². The maximum absolute atomic E-state index is 2.42. The van der Waals surface area contributed by atoms with Gasteiger partial charge in [-0.1, -0.05) is 51.2 Å². The summed E-state index contributed by atoms with van der Waals surface area (Å²) in [5, 5.41) is 0. The van der Waals surface area contributed by atoms with Gasteiger partial charge >= 0.3 is 0 Å². The topological polar surface area (TPSA) is 0 Å². The zero-order valence-electron chi connectivity index (χ0n) is 9.26. The summed E-state index contributed by atoms with van der Waals surface area (Å²) in [6.45, 7) is 4.45. The van der Waals surface area contributed by atoms with Crippen molar-refractivity contribution in [3.05, 3.63) is 12.2 Å². The quantitative estimate of drug-likeness (QED) is 0.544. The van der Waals surface area contributed by atoms with Gasteiger partial charge in [0.1, 0.15) is 0 Å². The summed E-state index contributed by atoms with van der Waals surface area (Å²) in [6.07, 6.45) is 14.8. The Kier molecular flexibility index (Phi) is 5.19. The maximum atomic E-state index is 2.42. The molecule has 1 aliphatic rings. The van der Waals surface area contributed by atoms with Crippen molar-refractivity contribution in [2.75, 3.05) is 0 Å². The third-order valence-electron chi connectivity index (χ3n) is 3.23. The van der Waals surface area contributed by atoms with Crippen LogP contribution in [0.4, 0.5) is 0 Å². The van der Waals surface area contributed by atoms with Crippen LogP contribution in [0.15, 0.2) is 12.2 Å². The molecule has 0 N–H and O–H groups in total. The standard InChI is InChI=1S/C13H24/c1-3-7-12(8-4-2)11-13-9-5-6-10-13/h3,7,12-13H,4-6,8-11H2,1-2H3/b7-3-. The van der Waals surface area contributed by atoms with E-state index in [1.165, 1.54) is 44.9 Å². The van der Waals surface area contributed by atoms with Crippen molar-refractivity contribution in [1.29, 1.82) is 0 Å². The largest absolute Gasteiger partial charge is 0.0914 e. The van der Waals surface area contributed by atoms with Crippen LogP contribution in [0, 0.1) is 11.8 Å². The van der Waals surface area contributed by atoms with Crippen LogP contribution in [-0.2, 0) is 0 Å². The molecule has 0 aromatic carbocycles. The van der Waals surface area contributed by atoms with Crippen LogP contribution in [0.25, 0.3) is 0 Å². The Morgan fingerprint density at radius 1 is 1.31 bits per heavy atom. The first-order chi connectivity index (χ1) is 6.36. The minimum absolute atomic E-state index is 0.873. The first-order valence-corrected chi connectivity index (χ1v) is 5.99. The lowest BCUT2D eigenvalue weighted by atomic mass is 9.90. The van der Waals surface area contributed by atoms with Gasteiger partial charge < -0.3 is 0 Å². The second-order valence-electron chi connectivity index (χ2n) is 4.46. The molecule has 13 heavy (non-hydrogen) atoms. The highest BCUT2D eigenvalue weighted by atomic mass is 14.2. The van der Waals surface area contributed by atoms with E-state index in [0.717, 1.165) is 11.8 Å². The average molecular weight is 180 g/mol. The minimum Gasteiger partial charge on any atom is -0.0914 e.